The molecule has 0 aliphatic rings. The SMILES string of the molecule is Cc1ccc(C)c(CN(Cc2ccccc2Cl)S(=O)(=O)c2ccccc2F)c1. The van der Waals surface area contributed by atoms with Gasteiger partial charge in [0.15, 0.2) is 0 Å². The lowest BCUT2D eigenvalue weighted by atomic mass is 10.1. The molecular formula is C22H21ClFNO2S. The summed E-state index contributed by atoms with van der Waals surface area (Å²) in [7, 11) is -4.07. The van der Waals surface area contributed by atoms with Crippen LogP contribution in [0.4, 0.5) is 4.39 Å². The van der Waals surface area contributed by atoms with Gasteiger partial charge in [0, 0.05) is 18.1 Å². The van der Waals surface area contributed by atoms with Gasteiger partial charge in [-0.1, -0.05) is 65.7 Å². The lowest BCUT2D eigenvalue weighted by Gasteiger charge is -2.24. The van der Waals surface area contributed by atoms with Crippen LogP contribution in [0.3, 0.4) is 0 Å². The molecule has 28 heavy (non-hydrogen) atoms. The van der Waals surface area contributed by atoms with E-state index in [0.29, 0.717) is 10.6 Å². The van der Waals surface area contributed by atoms with Gasteiger partial charge in [-0.15, -0.1) is 0 Å². The summed E-state index contributed by atoms with van der Waals surface area (Å²) in [6.45, 7) is 4.05. The van der Waals surface area contributed by atoms with Crippen molar-refractivity contribution >= 4 is 21.6 Å². The Labute approximate surface area is 170 Å². The van der Waals surface area contributed by atoms with E-state index in [1.807, 2.05) is 32.0 Å². The maximum absolute atomic E-state index is 14.3. The molecule has 0 radical (unpaired) electrons. The molecule has 0 aromatic heterocycles. The van der Waals surface area contributed by atoms with E-state index in [4.69, 9.17) is 11.6 Å². The van der Waals surface area contributed by atoms with Crippen LogP contribution in [0.25, 0.3) is 0 Å². The van der Waals surface area contributed by atoms with E-state index in [2.05, 4.69) is 0 Å². The Morgan fingerprint density at radius 3 is 2.25 bits per heavy atom. The molecule has 3 nitrogen and oxygen atoms in total. The minimum atomic E-state index is -4.07. The fourth-order valence-electron chi connectivity index (χ4n) is 3.00. The van der Waals surface area contributed by atoms with Crippen molar-refractivity contribution in [3.05, 3.63) is 99.8 Å². The molecule has 0 N–H and O–H groups in total. The lowest BCUT2D eigenvalue weighted by Crippen LogP contribution is -2.31. The average Bonchev–Trinajstić information content (AvgIpc) is 2.66. The molecule has 0 bridgehead atoms. The zero-order chi connectivity index (χ0) is 20.3. The number of hydrogen-bond acceptors (Lipinski definition) is 2. The molecule has 0 saturated carbocycles. The van der Waals surface area contributed by atoms with E-state index in [1.165, 1.54) is 22.5 Å². The molecular weight excluding hydrogens is 397 g/mol. The van der Waals surface area contributed by atoms with Gasteiger partial charge >= 0.3 is 0 Å². The van der Waals surface area contributed by atoms with E-state index in [-0.39, 0.29) is 18.0 Å². The number of benzene rings is 3. The largest absolute Gasteiger partial charge is 0.246 e. The summed E-state index contributed by atoms with van der Waals surface area (Å²) in [4.78, 5) is -0.340. The summed E-state index contributed by atoms with van der Waals surface area (Å²) < 4.78 is 42.2. The van der Waals surface area contributed by atoms with Gasteiger partial charge in [0.05, 0.1) is 0 Å². The van der Waals surface area contributed by atoms with Gasteiger partial charge in [0.2, 0.25) is 10.0 Å². The third-order valence-corrected chi connectivity index (χ3v) is 6.80. The summed E-state index contributed by atoms with van der Waals surface area (Å²) in [6.07, 6.45) is 0. The molecule has 3 aromatic rings. The summed E-state index contributed by atoms with van der Waals surface area (Å²) in [5, 5.41) is 0.470. The normalized spacial score (nSPS) is 11.8. The molecule has 0 spiro atoms. The molecule has 146 valence electrons. The first-order valence-corrected chi connectivity index (χ1v) is 10.6. The molecule has 0 saturated heterocycles. The smallest absolute Gasteiger partial charge is 0.207 e. The van der Waals surface area contributed by atoms with Crippen LogP contribution in [0.15, 0.2) is 71.6 Å². The van der Waals surface area contributed by atoms with E-state index in [1.54, 1.807) is 24.3 Å². The summed E-state index contributed by atoms with van der Waals surface area (Å²) in [5.74, 6) is -0.771. The van der Waals surface area contributed by atoms with Gasteiger partial charge in [-0.25, -0.2) is 12.8 Å². The highest BCUT2D eigenvalue weighted by Crippen LogP contribution is 2.26. The summed E-state index contributed by atoms with van der Waals surface area (Å²) >= 11 is 6.26. The fourth-order valence-corrected chi connectivity index (χ4v) is 4.65. The van der Waals surface area contributed by atoms with Crippen LogP contribution in [0.2, 0.25) is 5.02 Å². The third kappa shape index (κ3) is 4.43. The number of aryl methyl sites for hydroxylation is 2. The second kappa shape index (κ2) is 8.43. The van der Waals surface area contributed by atoms with E-state index in [0.717, 1.165) is 22.8 Å². The molecule has 0 aliphatic carbocycles. The van der Waals surface area contributed by atoms with Gasteiger partial charge in [-0.05, 0) is 48.7 Å². The zero-order valence-corrected chi connectivity index (χ0v) is 17.3. The minimum absolute atomic E-state index is 0.0454. The summed E-state index contributed by atoms with van der Waals surface area (Å²) in [5.41, 5.74) is 3.53. The van der Waals surface area contributed by atoms with Gasteiger partial charge < -0.3 is 0 Å². The molecule has 3 aromatic carbocycles. The lowest BCUT2D eigenvalue weighted by molar-refractivity contribution is 0.397. The van der Waals surface area contributed by atoms with Crippen LogP contribution in [-0.2, 0) is 23.1 Å². The Morgan fingerprint density at radius 1 is 0.893 bits per heavy atom. The first-order chi connectivity index (χ1) is 13.3. The third-order valence-electron chi connectivity index (χ3n) is 4.61. The van der Waals surface area contributed by atoms with Crippen LogP contribution in [0.1, 0.15) is 22.3 Å². The number of hydrogen-bond donors (Lipinski definition) is 0. The molecule has 3 rings (SSSR count). The minimum Gasteiger partial charge on any atom is -0.207 e. The monoisotopic (exact) mass is 417 g/mol. The maximum Gasteiger partial charge on any atom is 0.246 e. The Bertz CT molecular complexity index is 1100. The van der Waals surface area contributed by atoms with Crippen LogP contribution < -0.4 is 0 Å². The highest BCUT2D eigenvalue weighted by Gasteiger charge is 2.28. The molecule has 0 heterocycles. The Hall–Kier alpha value is -2.21. The zero-order valence-electron chi connectivity index (χ0n) is 15.7. The van der Waals surface area contributed by atoms with Crippen molar-refractivity contribution in [3.8, 4) is 0 Å². The number of sulfonamides is 1. The van der Waals surface area contributed by atoms with Crippen molar-refractivity contribution < 1.29 is 12.8 Å². The predicted molar refractivity (Wildman–Crippen MR) is 110 cm³/mol. The fraction of sp³-hybridized carbons (Fsp3) is 0.182. The van der Waals surface area contributed by atoms with E-state index >= 15 is 0 Å². The summed E-state index contributed by atoms with van der Waals surface area (Å²) in [6, 6.07) is 18.4. The maximum atomic E-state index is 14.3. The van der Waals surface area contributed by atoms with E-state index < -0.39 is 15.8 Å². The van der Waals surface area contributed by atoms with E-state index in [9.17, 15) is 12.8 Å². The standard InChI is InChI=1S/C22H21ClFNO2S/c1-16-11-12-17(2)19(13-16)15-25(14-18-7-3-4-8-20(18)23)28(26,27)22-10-6-5-9-21(22)24/h3-13H,14-15H2,1-2H3. The second-order valence-electron chi connectivity index (χ2n) is 6.72. The van der Waals surface area contributed by atoms with Crippen molar-refractivity contribution in [3.63, 3.8) is 0 Å². The molecule has 0 amide bonds. The molecule has 0 fully saturated rings. The Kier molecular flexibility index (Phi) is 6.18. The topological polar surface area (TPSA) is 37.4 Å². The van der Waals surface area contributed by atoms with Gasteiger partial charge in [0.25, 0.3) is 0 Å². The quantitative estimate of drug-likeness (QED) is 0.532. The van der Waals surface area contributed by atoms with Crippen LogP contribution in [-0.4, -0.2) is 12.7 Å². The van der Waals surface area contributed by atoms with Crippen molar-refractivity contribution in [2.24, 2.45) is 0 Å². The molecule has 0 atom stereocenters. The van der Waals surface area contributed by atoms with Crippen molar-refractivity contribution in [1.82, 2.24) is 4.31 Å². The van der Waals surface area contributed by atoms with Crippen LogP contribution in [0, 0.1) is 19.7 Å². The number of halogens is 2. The molecule has 0 unspecified atom stereocenters. The number of nitrogens with zero attached hydrogens (tertiary/aromatic N) is 1. The molecule has 0 aliphatic heterocycles. The predicted octanol–water partition coefficient (Wildman–Crippen LogP) is 5.49. The van der Waals surface area contributed by atoms with Crippen molar-refractivity contribution in [2.45, 2.75) is 31.8 Å². The van der Waals surface area contributed by atoms with Gasteiger partial charge in [0.1, 0.15) is 10.7 Å². The van der Waals surface area contributed by atoms with Crippen molar-refractivity contribution in [2.75, 3.05) is 0 Å². The van der Waals surface area contributed by atoms with Gasteiger partial charge in [-0.2, -0.15) is 4.31 Å². The van der Waals surface area contributed by atoms with Crippen molar-refractivity contribution in [1.29, 1.82) is 0 Å². The first-order valence-electron chi connectivity index (χ1n) is 8.83. The number of rotatable bonds is 6. The highest BCUT2D eigenvalue weighted by molar-refractivity contribution is 7.89. The Balaban J connectivity index is 2.07. The second-order valence-corrected chi connectivity index (χ2v) is 9.04. The van der Waals surface area contributed by atoms with Gasteiger partial charge in [-0.3, -0.25) is 0 Å². The Morgan fingerprint density at radius 2 is 1.54 bits per heavy atom. The first kappa shape index (κ1) is 20.5. The highest BCUT2D eigenvalue weighted by atomic mass is 35.5. The van der Waals surface area contributed by atoms with Crippen LogP contribution >= 0.6 is 11.6 Å². The van der Waals surface area contributed by atoms with Crippen LogP contribution in [0.5, 0.6) is 0 Å². The average molecular weight is 418 g/mol. The molecule has 6 heteroatoms.